The standard InChI is InChI=1S/C16H16Br2FNO/c1-20-14(12-9-11(17)6-7-13(12)18)8-10-4-3-5-15(21-2)16(10)19/h3-7,9,14,20H,8H2,1-2H3. The monoisotopic (exact) mass is 415 g/mol. The first-order chi connectivity index (χ1) is 10.1. The minimum absolute atomic E-state index is 0.00141. The van der Waals surface area contributed by atoms with Gasteiger partial charge in [-0.15, -0.1) is 0 Å². The summed E-state index contributed by atoms with van der Waals surface area (Å²) in [6.45, 7) is 0. The van der Waals surface area contributed by atoms with Gasteiger partial charge in [0.15, 0.2) is 11.6 Å². The number of hydrogen-bond donors (Lipinski definition) is 1. The maximum atomic E-state index is 14.3. The van der Waals surface area contributed by atoms with E-state index in [9.17, 15) is 4.39 Å². The summed E-state index contributed by atoms with van der Waals surface area (Å²) < 4.78 is 21.3. The number of ether oxygens (including phenoxy) is 1. The average molecular weight is 417 g/mol. The molecule has 0 aliphatic heterocycles. The number of likely N-dealkylation sites (N-methyl/N-ethyl adjacent to an activating group) is 1. The van der Waals surface area contributed by atoms with E-state index in [1.54, 1.807) is 18.2 Å². The number of methoxy groups -OCH3 is 1. The summed E-state index contributed by atoms with van der Waals surface area (Å²) in [4.78, 5) is 0. The summed E-state index contributed by atoms with van der Waals surface area (Å²) in [6, 6.07) is 11.2. The van der Waals surface area contributed by atoms with Gasteiger partial charge < -0.3 is 10.1 Å². The van der Waals surface area contributed by atoms with Crippen molar-refractivity contribution in [2.45, 2.75) is 12.5 Å². The van der Waals surface area contributed by atoms with Crippen molar-refractivity contribution in [3.8, 4) is 5.75 Å². The van der Waals surface area contributed by atoms with Gasteiger partial charge in [-0.2, -0.15) is 0 Å². The van der Waals surface area contributed by atoms with E-state index in [2.05, 4.69) is 37.2 Å². The Morgan fingerprint density at radius 2 is 2.00 bits per heavy atom. The Hall–Kier alpha value is -0.910. The second-order valence-electron chi connectivity index (χ2n) is 4.64. The highest BCUT2D eigenvalue weighted by atomic mass is 79.9. The Morgan fingerprint density at radius 3 is 2.67 bits per heavy atom. The van der Waals surface area contributed by atoms with Crippen LogP contribution in [-0.2, 0) is 6.42 Å². The third kappa shape index (κ3) is 3.84. The third-order valence-electron chi connectivity index (χ3n) is 3.37. The van der Waals surface area contributed by atoms with E-state index in [-0.39, 0.29) is 17.6 Å². The fourth-order valence-corrected chi connectivity index (χ4v) is 3.14. The Kier molecular flexibility index (Phi) is 5.79. The van der Waals surface area contributed by atoms with Gasteiger partial charge in [-0.25, -0.2) is 4.39 Å². The number of hydrogen-bond acceptors (Lipinski definition) is 2. The number of rotatable bonds is 5. The van der Waals surface area contributed by atoms with Gasteiger partial charge in [-0.3, -0.25) is 0 Å². The first-order valence-electron chi connectivity index (χ1n) is 6.50. The molecule has 1 atom stereocenters. The summed E-state index contributed by atoms with van der Waals surface area (Å²) in [5.41, 5.74) is 1.70. The van der Waals surface area contributed by atoms with E-state index in [1.165, 1.54) is 7.11 Å². The molecule has 5 heteroatoms. The molecule has 1 unspecified atom stereocenters. The SMILES string of the molecule is CNC(Cc1cccc(OC)c1F)c1cc(Br)ccc1Br. The molecule has 21 heavy (non-hydrogen) atoms. The van der Waals surface area contributed by atoms with Gasteiger partial charge in [0, 0.05) is 15.0 Å². The lowest BCUT2D eigenvalue weighted by Crippen LogP contribution is -2.20. The number of halogens is 3. The van der Waals surface area contributed by atoms with Crippen LogP contribution in [0.25, 0.3) is 0 Å². The highest BCUT2D eigenvalue weighted by Crippen LogP contribution is 2.30. The van der Waals surface area contributed by atoms with Crippen LogP contribution < -0.4 is 10.1 Å². The summed E-state index contributed by atoms with van der Waals surface area (Å²) >= 11 is 7.03. The normalized spacial score (nSPS) is 12.2. The minimum atomic E-state index is -0.300. The molecule has 112 valence electrons. The maximum absolute atomic E-state index is 14.3. The molecule has 0 amide bonds. The average Bonchev–Trinajstić information content (AvgIpc) is 2.49. The van der Waals surface area contributed by atoms with Crippen molar-refractivity contribution in [3.63, 3.8) is 0 Å². The summed E-state index contributed by atoms with van der Waals surface area (Å²) in [6.07, 6.45) is 0.536. The Morgan fingerprint density at radius 1 is 1.24 bits per heavy atom. The predicted molar refractivity (Wildman–Crippen MR) is 90.3 cm³/mol. The summed E-state index contributed by atoms with van der Waals surface area (Å²) in [7, 11) is 3.35. The fourth-order valence-electron chi connectivity index (χ4n) is 2.24. The van der Waals surface area contributed by atoms with Gasteiger partial charge in [0.25, 0.3) is 0 Å². The first-order valence-corrected chi connectivity index (χ1v) is 8.09. The van der Waals surface area contributed by atoms with E-state index in [1.807, 2.05) is 25.2 Å². The van der Waals surface area contributed by atoms with Crippen LogP contribution in [0.3, 0.4) is 0 Å². The molecule has 1 N–H and O–H groups in total. The molecule has 0 saturated heterocycles. The van der Waals surface area contributed by atoms with Crippen molar-refractivity contribution in [2.24, 2.45) is 0 Å². The highest BCUT2D eigenvalue weighted by molar-refractivity contribution is 9.11. The quantitative estimate of drug-likeness (QED) is 0.751. The van der Waals surface area contributed by atoms with Crippen molar-refractivity contribution in [1.29, 1.82) is 0 Å². The Labute approximate surface area is 141 Å². The van der Waals surface area contributed by atoms with Crippen molar-refractivity contribution < 1.29 is 9.13 Å². The molecule has 0 aromatic heterocycles. The molecular formula is C16H16Br2FNO. The zero-order valence-electron chi connectivity index (χ0n) is 11.8. The lowest BCUT2D eigenvalue weighted by atomic mass is 9.98. The molecule has 0 spiro atoms. The van der Waals surface area contributed by atoms with Crippen LogP contribution in [0.15, 0.2) is 45.3 Å². The van der Waals surface area contributed by atoms with Gasteiger partial charge in [0.2, 0.25) is 0 Å². The molecule has 0 saturated carbocycles. The van der Waals surface area contributed by atoms with Crippen molar-refractivity contribution >= 4 is 31.9 Å². The second kappa shape index (κ2) is 7.38. The minimum Gasteiger partial charge on any atom is -0.494 e. The molecule has 0 aliphatic rings. The number of nitrogens with one attached hydrogen (secondary N) is 1. The van der Waals surface area contributed by atoms with Gasteiger partial charge >= 0.3 is 0 Å². The lowest BCUT2D eigenvalue weighted by molar-refractivity contribution is 0.383. The van der Waals surface area contributed by atoms with E-state index < -0.39 is 0 Å². The molecule has 2 rings (SSSR count). The molecule has 0 radical (unpaired) electrons. The highest BCUT2D eigenvalue weighted by Gasteiger charge is 2.17. The largest absolute Gasteiger partial charge is 0.494 e. The van der Waals surface area contributed by atoms with E-state index in [0.717, 1.165) is 14.5 Å². The lowest BCUT2D eigenvalue weighted by Gasteiger charge is -2.19. The van der Waals surface area contributed by atoms with Crippen LogP contribution in [-0.4, -0.2) is 14.2 Å². The van der Waals surface area contributed by atoms with Gasteiger partial charge in [-0.1, -0.05) is 44.0 Å². The zero-order chi connectivity index (χ0) is 15.4. The molecule has 2 aromatic carbocycles. The molecule has 0 bridgehead atoms. The Bertz CT molecular complexity index is 634. The van der Waals surface area contributed by atoms with Crippen molar-refractivity contribution in [1.82, 2.24) is 5.32 Å². The molecule has 0 fully saturated rings. The van der Waals surface area contributed by atoms with Gasteiger partial charge in [-0.05, 0) is 48.9 Å². The predicted octanol–water partition coefficient (Wildman–Crippen LogP) is 4.86. The molecular weight excluding hydrogens is 401 g/mol. The van der Waals surface area contributed by atoms with E-state index in [4.69, 9.17) is 4.74 Å². The van der Waals surface area contributed by atoms with Crippen LogP contribution in [0.5, 0.6) is 5.75 Å². The summed E-state index contributed by atoms with van der Waals surface area (Å²) in [5.74, 6) is -0.0259. The fraction of sp³-hybridized carbons (Fsp3) is 0.250. The van der Waals surface area contributed by atoms with Crippen molar-refractivity contribution in [3.05, 3.63) is 62.3 Å². The van der Waals surface area contributed by atoms with Crippen molar-refractivity contribution in [2.75, 3.05) is 14.2 Å². The van der Waals surface area contributed by atoms with Crippen LogP contribution in [0.2, 0.25) is 0 Å². The second-order valence-corrected chi connectivity index (χ2v) is 6.41. The van der Waals surface area contributed by atoms with Gasteiger partial charge in [0.05, 0.1) is 7.11 Å². The maximum Gasteiger partial charge on any atom is 0.168 e. The smallest absolute Gasteiger partial charge is 0.168 e. The molecule has 0 aliphatic carbocycles. The zero-order valence-corrected chi connectivity index (χ0v) is 15.0. The topological polar surface area (TPSA) is 21.3 Å². The number of benzene rings is 2. The Balaban J connectivity index is 2.33. The third-order valence-corrected chi connectivity index (χ3v) is 4.58. The summed E-state index contributed by atoms with van der Waals surface area (Å²) in [5, 5.41) is 3.24. The van der Waals surface area contributed by atoms with E-state index >= 15 is 0 Å². The van der Waals surface area contributed by atoms with Crippen LogP contribution in [0.4, 0.5) is 4.39 Å². The van der Waals surface area contributed by atoms with Crippen LogP contribution in [0.1, 0.15) is 17.2 Å². The molecule has 0 heterocycles. The molecule has 2 aromatic rings. The van der Waals surface area contributed by atoms with Crippen LogP contribution >= 0.6 is 31.9 Å². The van der Waals surface area contributed by atoms with Gasteiger partial charge in [0.1, 0.15) is 0 Å². The first kappa shape index (κ1) is 16.5. The van der Waals surface area contributed by atoms with E-state index in [0.29, 0.717) is 12.0 Å². The molecule has 2 nitrogen and oxygen atoms in total. The van der Waals surface area contributed by atoms with Crippen LogP contribution in [0, 0.1) is 5.82 Å².